The van der Waals surface area contributed by atoms with Crippen molar-refractivity contribution in [3.05, 3.63) is 65.7 Å². The van der Waals surface area contributed by atoms with Crippen LogP contribution in [0.4, 0.5) is 8.78 Å². The van der Waals surface area contributed by atoms with Gasteiger partial charge in [0.1, 0.15) is 17.6 Å². The molecule has 6 heteroatoms. The van der Waals surface area contributed by atoms with Gasteiger partial charge in [-0.1, -0.05) is 18.2 Å². The van der Waals surface area contributed by atoms with E-state index in [0.717, 1.165) is 0 Å². The number of carbonyl (C=O) groups is 1. The van der Waals surface area contributed by atoms with E-state index in [-0.39, 0.29) is 18.1 Å². The summed E-state index contributed by atoms with van der Waals surface area (Å²) in [5, 5.41) is 8.43. The summed E-state index contributed by atoms with van der Waals surface area (Å²) in [6, 6.07) is 14.2. The second-order valence-corrected chi connectivity index (χ2v) is 4.62. The topological polar surface area (TPSA) is 59.3 Å². The van der Waals surface area contributed by atoms with Crippen molar-refractivity contribution < 1.29 is 23.0 Å². The number of ketones is 1. The second-order valence-electron chi connectivity index (χ2n) is 4.62. The van der Waals surface area contributed by atoms with Gasteiger partial charge < -0.3 is 9.47 Å². The summed E-state index contributed by atoms with van der Waals surface area (Å²) in [6.07, 6.45) is 2.96. The second kappa shape index (κ2) is 8.44. The maximum atomic E-state index is 12.1. The fraction of sp³-hybridized carbons (Fsp3) is 0.111. The van der Waals surface area contributed by atoms with Crippen LogP contribution in [0.15, 0.2) is 54.6 Å². The maximum absolute atomic E-state index is 12.1. The van der Waals surface area contributed by atoms with Crippen LogP contribution < -0.4 is 9.47 Å². The maximum Gasteiger partial charge on any atom is 0.387 e. The number of benzene rings is 2. The molecular formula is C18H13F2NO3. The van der Waals surface area contributed by atoms with Gasteiger partial charge in [0, 0.05) is 5.56 Å². The lowest BCUT2D eigenvalue weighted by Gasteiger charge is -2.04. The quantitative estimate of drug-likeness (QED) is 0.567. The van der Waals surface area contributed by atoms with Crippen LogP contribution in [0.1, 0.15) is 15.9 Å². The first-order chi connectivity index (χ1) is 11.6. The van der Waals surface area contributed by atoms with Gasteiger partial charge in [0.2, 0.25) is 0 Å². The minimum atomic E-state index is -2.87. The molecule has 0 heterocycles. The summed E-state index contributed by atoms with van der Waals surface area (Å²) in [7, 11) is 0. The molecule has 0 atom stereocenters. The monoisotopic (exact) mass is 329 g/mol. The first kappa shape index (κ1) is 17.2. The van der Waals surface area contributed by atoms with E-state index in [1.165, 1.54) is 18.2 Å². The van der Waals surface area contributed by atoms with E-state index >= 15 is 0 Å². The first-order valence-electron chi connectivity index (χ1n) is 6.95. The van der Waals surface area contributed by atoms with Crippen molar-refractivity contribution in [2.45, 2.75) is 6.61 Å². The highest BCUT2D eigenvalue weighted by Crippen LogP contribution is 2.16. The molecule has 0 saturated heterocycles. The van der Waals surface area contributed by atoms with Gasteiger partial charge >= 0.3 is 6.61 Å². The Bertz CT molecular complexity index is 747. The number of alkyl halides is 2. The lowest BCUT2D eigenvalue weighted by molar-refractivity contribution is -0.0498. The fourth-order valence-electron chi connectivity index (χ4n) is 1.86. The Morgan fingerprint density at radius 3 is 2.29 bits per heavy atom. The third-order valence-corrected chi connectivity index (χ3v) is 2.97. The molecule has 0 amide bonds. The normalized spacial score (nSPS) is 10.6. The standard InChI is InChI=1S/C18H13F2NO3/c19-18(20)24-16-6-1-13(2-7-16)3-10-17(22)14-4-8-15(9-5-14)23-12-11-21/h1-10,18H,12H2. The molecular weight excluding hydrogens is 316 g/mol. The van der Waals surface area contributed by atoms with Crippen molar-refractivity contribution in [2.24, 2.45) is 0 Å². The van der Waals surface area contributed by atoms with E-state index in [1.807, 2.05) is 6.07 Å². The SMILES string of the molecule is N#CCOc1ccc(C(=O)C=Cc2ccc(OC(F)F)cc2)cc1. The molecule has 0 aromatic heterocycles. The van der Waals surface area contributed by atoms with Crippen LogP contribution in [0.25, 0.3) is 6.08 Å². The molecule has 0 bridgehead atoms. The lowest BCUT2D eigenvalue weighted by atomic mass is 10.1. The van der Waals surface area contributed by atoms with Gasteiger partial charge in [-0.2, -0.15) is 14.0 Å². The fourth-order valence-corrected chi connectivity index (χ4v) is 1.86. The Balaban J connectivity index is 1.98. The van der Waals surface area contributed by atoms with Gasteiger partial charge in [0.15, 0.2) is 12.4 Å². The molecule has 0 aliphatic carbocycles. The summed E-state index contributed by atoms with van der Waals surface area (Å²) in [5.74, 6) is 0.350. The highest BCUT2D eigenvalue weighted by molar-refractivity contribution is 6.06. The zero-order valence-electron chi connectivity index (χ0n) is 12.5. The molecule has 0 N–H and O–H groups in total. The summed E-state index contributed by atoms with van der Waals surface area (Å²) < 4.78 is 33.5. The Morgan fingerprint density at radius 2 is 1.71 bits per heavy atom. The minimum absolute atomic E-state index is 0.0569. The van der Waals surface area contributed by atoms with Crippen LogP contribution in [0.2, 0.25) is 0 Å². The largest absolute Gasteiger partial charge is 0.479 e. The number of rotatable bonds is 7. The van der Waals surface area contributed by atoms with Crippen LogP contribution >= 0.6 is 0 Å². The molecule has 0 unspecified atom stereocenters. The average Bonchev–Trinajstić information content (AvgIpc) is 2.59. The van der Waals surface area contributed by atoms with Gasteiger partial charge in [-0.15, -0.1) is 0 Å². The summed E-state index contributed by atoms with van der Waals surface area (Å²) >= 11 is 0. The van der Waals surface area contributed by atoms with Gasteiger partial charge in [0.05, 0.1) is 0 Å². The van der Waals surface area contributed by atoms with E-state index in [0.29, 0.717) is 16.9 Å². The zero-order chi connectivity index (χ0) is 17.4. The molecule has 2 rings (SSSR count). The predicted octanol–water partition coefficient (Wildman–Crippen LogP) is 4.09. The smallest absolute Gasteiger partial charge is 0.387 e. The van der Waals surface area contributed by atoms with E-state index in [9.17, 15) is 13.6 Å². The molecule has 2 aromatic carbocycles. The van der Waals surface area contributed by atoms with Crippen molar-refractivity contribution in [1.29, 1.82) is 5.26 Å². The Kier molecular flexibility index (Phi) is 6.03. The summed E-state index contributed by atoms with van der Waals surface area (Å²) in [4.78, 5) is 12.1. The lowest BCUT2D eigenvalue weighted by Crippen LogP contribution is -2.01. The van der Waals surface area contributed by atoms with E-state index in [4.69, 9.17) is 10.00 Å². The molecule has 0 aliphatic rings. The number of ether oxygens (including phenoxy) is 2. The summed E-state index contributed by atoms with van der Waals surface area (Å²) in [6.45, 7) is -2.92. The van der Waals surface area contributed by atoms with Gasteiger partial charge in [-0.25, -0.2) is 0 Å². The molecule has 0 saturated carbocycles. The van der Waals surface area contributed by atoms with Crippen LogP contribution in [-0.2, 0) is 0 Å². The Labute approximate surface area is 137 Å². The third kappa shape index (κ3) is 5.21. The van der Waals surface area contributed by atoms with E-state index in [1.54, 1.807) is 42.5 Å². The Hall–Kier alpha value is -3.20. The molecule has 0 fully saturated rings. The van der Waals surface area contributed by atoms with E-state index in [2.05, 4.69) is 4.74 Å². The predicted molar refractivity (Wildman–Crippen MR) is 84.0 cm³/mol. The number of hydrogen-bond donors (Lipinski definition) is 0. The number of allylic oxidation sites excluding steroid dienone is 1. The highest BCUT2D eigenvalue weighted by atomic mass is 19.3. The summed E-state index contributed by atoms with van der Waals surface area (Å²) in [5.41, 5.74) is 1.15. The molecule has 122 valence electrons. The number of nitrogens with zero attached hydrogens (tertiary/aromatic N) is 1. The Morgan fingerprint density at radius 1 is 1.08 bits per heavy atom. The van der Waals surface area contributed by atoms with Crippen molar-refractivity contribution in [1.82, 2.24) is 0 Å². The van der Waals surface area contributed by atoms with Crippen LogP contribution in [0.5, 0.6) is 11.5 Å². The molecule has 0 spiro atoms. The number of nitriles is 1. The van der Waals surface area contributed by atoms with Crippen molar-refractivity contribution in [3.8, 4) is 17.6 Å². The third-order valence-electron chi connectivity index (χ3n) is 2.97. The van der Waals surface area contributed by atoms with Crippen molar-refractivity contribution in [3.63, 3.8) is 0 Å². The zero-order valence-corrected chi connectivity index (χ0v) is 12.5. The molecule has 0 aliphatic heterocycles. The van der Waals surface area contributed by atoms with Crippen LogP contribution in [0.3, 0.4) is 0 Å². The van der Waals surface area contributed by atoms with Crippen LogP contribution in [-0.4, -0.2) is 19.0 Å². The molecule has 24 heavy (non-hydrogen) atoms. The van der Waals surface area contributed by atoms with Crippen molar-refractivity contribution >= 4 is 11.9 Å². The van der Waals surface area contributed by atoms with Gasteiger partial charge in [-0.3, -0.25) is 4.79 Å². The van der Waals surface area contributed by atoms with Gasteiger partial charge in [-0.05, 0) is 48.0 Å². The molecule has 4 nitrogen and oxygen atoms in total. The first-order valence-corrected chi connectivity index (χ1v) is 6.95. The highest BCUT2D eigenvalue weighted by Gasteiger charge is 2.04. The molecule has 2 aromatic rings. The number of halogens is 2. The average molecular weight is 329 g/mol. The molecule has 0 radical (unpaired) electrons. The van der Waals surface area contributed by atoms with Crippen molar-refractivity contribution in [2.75, 3.05) is 6.61 Å². The van der Waals surface area contributed by atoms with Gasteiger partial charge in [0.25, 0.3) is 0 Å². The van der Waals surface area contributed by atoms with E-state index < -0.39 is 6.61 Å². The van der Waals surface area contributed by atoms with Crippen LogP contribution in [0, 0.1) is 11.3 Å². The number of carbonyl (C=O) groups excluding carboxylic acids is 1. The minimum Gasteiger partial charge on any atom is -0.479 e. The number of hydrogen-bond acceptors (Lipinski definition) is 4.